The fraction of sp³-hybridized carbons (Fsp3) is 0.882. The zero-order valence-electron chi connectivity index (χ0n) is 15.0. The van der Waals surface area contributed by atoms with Crippen LogP contribution in [0.2, 0.25) is 0 Å². The quantitative estimate of drug-likeness (QED) is 0.625. The maximum Gasteiger partial charge on any atom is 0.407 e. The second-order valence-corrected chi connectivity index (χ2v) is 7.08. The Labute approximate surface area is 148 Å². The van der Waals surface area contributed by atoms with Crippen LogP contribution in [0.25, 0.3) is 0 Å². The summed E-state index contributed by atoms with van der Waals surface area (Å²) in [5.74, 6) is -0.128. The Morgan fingerprint density at radius 3 is 2.60 bits per heavy atom. The van der Waals surface area contributed by atoms with Gasteiger partial charge in [0, 0.05) is 6.61 Å². The van der Waals surface area contributed by atoms with Gasteiger partial charge in [0.05, 0.1) is 18.8 Å². The maximum absolute atomic E-state index is 12.4. The summed E-state index contributed by atoms with van der Waals surface area (Å²) in [5.41, 5.74) is 0. The van der Waals surface area contributed by atoms with Gasteiger partial charge in [0.2, 0.25) is 5.91 Å². The van der Waals surface area contributed by atoms with Crippen molar-refractivity contribution in [3.63, 3.8) is 0 Å². The Bertz CT molecular complexity index is 439. The molecule has 3 N–H and O–H groups in total. The number of rotatable bonds is 7. The predicted octanol–water partition coefficient (Wildman–Crippen LogP) is 0.920. The van der Waals surface area contributed by atoms with E-state index in [1.807, 2.05) is 13.8 Å². The number of hydrogen-bond donors (Lipinski definition) is 3. The summed E-state index contributed by atoms with van der Waals surface area (Å²) in [5, 5.41) is 15.0. The summed E-state index contributed by atoms with van der Waals surface area (Å²) < 4.78 is 15.8. The molecule has 144 valence electrons. The molecule has 25 heavy (non-hydrogen) atoms. The molecule has 0 bridgehead atoms. The van der Waals surface area contributed by atoms with E-state index in [0.717, 1.165) is 19.3 Å². The van der Waals surface area contributed by atoms with Gasteiger partial charge in [-0.2, -0.15) is 0 Å². The molecule has 0 aromatic rings. The van der Waals surface area contributed by atoms with Crippen LogP contribution in [-0.2, 0) is 19.0 Å². The highest BCUT2D eigenvalue weighted by atomic mass is 16.6. The normalized spacial score (nSPS) is 27.8. The van der Waals surface area contributed by atoms with Crippen molar-refractivity contribution in [2.75, 3.05) is 19.8 Å². The van der Waals surface area contributed by atoms with Gasteiger partial charge in [-0.25, -0.2) is 4.79 Å². The van der Waals surface area contributed by atoms with Crippen molar-refractivity contribution in [1.29, 1.82) is 0 Å². The number of carbonyl (C=O) groups excluding carboxylic acids is 2. The van der Waals surface area contributed by atoms with Gasteiger partial charge in [0.1, 0.15) is 12.6 Å². The van der Waals surface area contributed by atoms with Crippen LogP contribution in [0.1, 0.15) is 46.0 Å². The second kappa shape index (κ2) is 9.94. The standard InChI is InChI=1S/C17H30N2O6/c1-11(2)9-14(15(20)18-13-6-8-24-16(13)21)19-17(22)25-10-12-5-3-4-7-23-12/h11-14,16,21H,3-10H2,1-2H3,(H,18,20)(H,19,22)/t12?,13-,14-,16?/m0/s1. The van der Waals surface area contributed by atoms with E-state index in [1.54, 1.807) is 0 Å². The smallest absolute Gasteiger partial charge is 0.407 e. The molecule has 0 spiro atoms. The zero-order valence-corrected chi connectivity index (χ0v) is 15.0. The zero-order chi connectivity index (χ0) is 18.2. The summed E-state index contributed by atoms with van der Waals surface area (Å²) in [6.45, 7) is 5.22. The van der Waals surface area contributed by atoms with Crippen molar-refractivity contribution in [3.8, 4) is 0 Å². The highest BCUT2D eigenvalue weighted by Crippen LogP contribution is 2.14. The first-order chi connectivity index (χ1) is 12.0. The molecule has 2 aliphatic rings. The number of amides is 2. The Morgan fingerprint density at radius 1 is 1.20 bits per heavy atom. The first-order valence-corrected chi connectivity index (χ1v) is 9.10. The Balaban J connectivity index is 1.80. The second-order valence-electron chi connectivity index (χ2n) is 7.08. The molecule has 4 atom stereocenters. The molecule has 0 radical (unpaired) electrons. The lowest BCUT2D eigenvalue weighted by Crippen LogP contribution is -2.52. The lowest BCUT2D eigenvalue weighted by Gasteiger charge is -2.24. The lowest BCUT2D eigenvalue weighted by molar-refractivity contribution is -0.127. The molecular weight excluding hydrogens is 328 g/mol. The SMILES string of the molecule is CC(C)C[C@H](NC(=O)OCC1CCCCO1)C(=O)N[C@H]1CCOC1O. The van der Waals surface area contributed by atoms with Crippen LogP contribution in [-0.4, -0.2) is 61.4 Å². The largest absolute Gasteiger partial charge is 0.447 e. The Kier molecular flexibility index (Phi) is 7.92. The van der Waals surface area contributed by atoms with Crippen LogP contribution >= 0.6 is 0 Å². The van der Waals surface area contributed by atoms with Crippen LogP contribution in [0.15, 0.2) is 0 Å². The number of aliphatic hydroxyl groups is 1. The monoisotopic (exact) mass is 358 g/mol. The fourth-order valence-corrected chi connectivity index (χ4v) is 3.00. The number of aliphatic hydroxyl groups excluding tert-OH is 1. The van der Waals surface area contributed by atoms with Crippen LogP contribution in [0.4, 0.5) is 4.79 Å². The van der Waals surface area contributed by atoms with Crippen molar-refractivity contribution in [2.24, 2.45) is 5.92 Å². The third-order valence-corrected chi connectivity index (χ3v) is 4.38. The summed E-state index contributed by atoms with van der Waals surface area (Å²) in [7, 11) is 0. The number of nitrogens with one attached hydrogen (secondary N) is 2. The van der Waals surface area contributed by atoms with E-state index < -0.39 is 24.5 Å². The Hall–Kier alpha value is -1.38. The molecule has 2 unspecified atom stereocenters. The van der Waals surface area contributed by atoms with Crippen molar-refractivity contribution in [2.45, 2.75) is 70.4 Å². The summed E-state index contributed by atoms with van der Waals surface area (Å²) >= 11 is 0. The molecule has 0 aliphatic carbocycles. The van der Waals surface area contributed by atoms with Gasteiger partial charge in [0.15, 0.2) is 6.29 Å². The average Bonchev–Trinajstić information content (AvgIpc) is 2.98. The van der Waals surface area contributed by atoms with Gasteiger partial charge in [-0.3, -0.25) is 4.79 Å². The molecule has 0 saturated carbocycles. The van der Waals surface area contributed by atoms with Crippen molar-refractivity contribution in [3.05, 3.63) is 0 Å². The highest BCUT2D eigenvalue weighted by Gasteiger charge is 2.31. The van der Waals surface area contributed by atoms with E-state index in [4.69, 9.17) is 14.2 Å². The molecule has 2 aliphatic heterocycles. The average molecular weight is 358 g/mol. The maximum atomic E-state index is 12.4. The molecule has 2 fully saturated rings. The van der Waals surface area contributed by atoms with Crippen molar-refractivity contribution in [1.82, 2.24) is 10.6 Å². The number of alkyl carbamates (subject to hydrolysis) is 1. The molecule has 0 aromatic heterocycles. The minimum atomic E-state index is -1.00. The van der Waals surface area contributed by atoms with Crippen LogP contribution < -0.4 is 10.6 Å². The van der Waals surface area contributed by atoms with Gasteiger partial charge in [-0.15, -0.1) is 0 Å². The van der Waals surface area contributed by atoms with E-state index in [-0.39, 0.29) is 24.5 Å². The van der Waals surface area contributed by atoms with Gasteiger partial charge in [0.25, 0.3) is 0 Å². The molecule has 2 heterocycles. The molecule has 2 saturated heterocycles. The Morgan fingerprint density at radius 2 is 2.00 bits per heavy atom. The predicted molar refractivity (Wildman–Crippen MR) is 89.8 cm³/mol. The molecule has 0 aromatic carbocycles. The van der Waals surface area contributed by atoms with Gasteiger partial charge in [-0.1, -0.05) is 13.8 Å². The highest BCUT2D eigenvalue weighted by molar-refractivity contribution is 5.85. The van der Waals surface area contributed by atoms with E-state index in [2.05, 4.69) is 10.6 Å². The lowest BCUT2D eigenvalue weighted by atomic mass is 10.0. The molecule has 8 heteroatoms. The van der Waals surface area contributed by atoms with Crippen LogP contribution in [0, 0.1) is 5.92 Å². The third kappa shape index (κ3) is 6.80. The number of hydrogen-bond acceptors (Lipinski definition) is 6. The summed E-state index contributed by atoms with van der Waals surface area (Å²) in [6, 6.07) is -1.16. The number of carbonyl (C=O) groups is 2. The molecule has 2 amide bonds. The van der Waals surface area contributed by atoms with Crippen molar-refractivity contribution < 1.29 is 28.9 Å². The summed E-state index contributed by atoms with van der Waals surface area (Å²) in [4.78, 5) is 24.5. The first-order valence-electron chi connectivity index (χ1n) is 9.10. The molecule has 8 nitrogen and oxygen atoms in total. The van der Waals surface area contributed by atoms with Gasteiger partial charge >= 0.3 is 6.09 Å². The molecular formula is C17H30N2O6. The number of ether oxygens (including phenoxy) is 3. The molecule has 2 rings (SSSR count). The minimum absolute atomic E-state index is 0.0670. The van der Waals surface area contributed by atoms with E-state index in [0.29, 0.717) is 26.1 Å². The summed E-state index contributed by atoms with van der Waals surface area (Å²) in [6.07, 6.45) is 2.31. The van der Waals surface area contributed by atoms with Crippen molar-refractivity contribution >= 4 is 12.0 Å². The minimum Gasteiger partial charge on any atom is -0.447 e. The third-order valence-electron chi connectivity index (χ3n) is 4.38. The fourth-order valence-electron chi connectivity index (χ4n) is 3.00. The first kappa shape index (κ1) is 19.9. The van der Waals surface area contributed by atoms with E-state index in [1.165, 1.54) is 0 Å². The van der Waals surface area contributed by atoms with E-state index in [9.17, 15) is 14.7 Å². The van der Waals surface area contributed by atoms with Crippen LogP contribution in [0.3, 0.4) is 0 Å². The topological polar surface area (TPSA) is 106 Å². The van der Waals surface area contributed by atoms with E-state index >= 15 is 0 Å². The van der Waals surface area contributed by atoms with Gasteiger partial charge < -0.3 is 30.0 Å². The van der Waals surface area contributed by atoms with Crippen LogP contribution in [0.5, 0.6) is 0 Å². The van der Waals surface area contributed by atoms with Gasteiger partial charge in [-0.05, 0) is 38.0 Å².